The molecule has 0 saturated carbocycles. The highest BCUT2D eigenvalue weighted by atomic mass is 31.3. The van der Waals surface area contributed by atoms with Crippen molar-refractivity contribution in [1.29, 1.82) is 0 Å². The Morgan fingerprint density at radius 1 is 1.23 bits per heavy atom. The summed E-state index contributed by atoms with van der Waals surface area (Å²) in [5.74, 6) is 0. The largest absolute Gasteiger partial charge is 0.478 e. The van der Waals surface area contributed by atoms with Crippen LogP contribution in [-0.2, 0) is 17.7 Å². The molecule has 0 radical (unpaired) electrons. The minimum atomic E-state index is -4.92. The van der Waals surface area contributed by atoms with Crippen molar-refractivity contribution in [3.8, 4) is 0 Å². The second-order valence-corrected chi connectivity index (χ2v) is 29.7. The Labute approximate surface area is 84.5 Å². The van der Waals surface area contributed by atoms with Crippen molar-refractivity contribution < 1.29 is 32.3 Å². The number of hydrogen-bond donors (Lipinski definition) is 3. The molecule has 0 fully saturated rings. The predicted octanol–water partition coefficient (Wildman–Crippen LogP) is -4.26. The van der Waals surface area contributed by atoms with Gasteiger partial charge in [-0.05, 0) is 18.3 Å². The second-order valence-electron chi connectivity index (χ2n) is 2.23. The summed E-state index contributed by atoms with van der Waals surface area (Å²) in [5, 5.41) is 0. The van der Waals surface area contributed by atoms with Gasteiger partial charge in [0.1, 0.15) is 0 Å². The maximum atomic E-state index is 10.8. The van der Waals surface area contributed by atoms with Gasteiger partial charge in [-0.15, -0.1) is 0 Å². The zero-order valence-electron chi connectivity index (χ0n) is 6.99. The van der Waals surface area contributed by atoms with E-state index in [4.69, 9.17) is 14.7 Å². The van der Waals surface area contributed by atoms with Gasteiger partial charge in [0.15, 0.2) is 9.28 Å². The number of phosphoric acid groups is 2. The van der Waals surface area contributed by atoms with Gasteiger partial charge in [-0.1, -0.05) is 0 Å². The molecule has 0 bridgehead atoms. The molecule has 0 heterocycles. The van der Waals surface area contributed by atoms with Crippen molar-refractivity contribution in [2.75, 3.05) is 0 Å². The Morgan fingerprint density at radius 3 is 2.15 bits per heavy atom. The molecular formula is H12O7P2Si4. The van der Waals surface area contributed by atoms with Crippen LogP contribution in [0.4, 0.5) is 0 Å². The van der Waals surface area contributed by atoms with Crippen LogP contribution in [0.1, 0.15) is 0 Å². The first-order valence-electron chi connectivity index (χ1n) is 3.51. The SMILES string of the molecule is O=P(O)(O)OP(=O)(O)O[SiH2][SiH2][SiH2][SiH3]. The molecule has 0 aromatic heterocycles. The summed E-state index contributed by atoms with van der Waals surface area (Å²) in [5.41, 5.74) is 0. The van der Waals surface area contributed by atoms with E-state index >= 15 is 0 Å². The Hall–Kier alpha value is 1.13. The molecule has 0 amide bonds. The minimum Gasteiger partial charge on any atom is -0.341 e. The van der Waals surface area contributed by atoms with Crippen molar-refractivity contribution in [1.82, 2.24) is 0 Å². The van der Waals surface area contributed by atoms with Crippen LogP contribution >= 0.6 is 15.6 Å². The monoisotopic (exact) mass is 298 g/mol. The molecule has 0 aromatic rings. The zero-order chi connectivity index (χ0) is 10.5. The van der Waals surface area contributed by atoms with E-state index in [1.165, 1.54) is 9.76 Å². The third kappa shape index (κ3) is 9.43. The van der Waals surface area contributed by atoms with Crippen LogP contribution in [0.3, 0.4) is 0 Å². The maximum Gasteiger partial charge on any atom is 0.478 e. The third-order valence-corrected chi connectivity index (χ3v) is 38.4. The third-order valence-electron chi connectivity index (χ3n) is 0.962. The Kier molecular flexibility index (Phi) is 6.39. The van der Waals surface area contributed by atoms with Gasteiger partial charge in [0.2, 0.25) is 0 Å². The summed E-state index contributed by atoms with van der Waals surface area (Å²) in [6.07, 6.45) is 0. The molecule has 80 valence electrons. The van der Waals surface area contributed by atoms with Crippen LogP contribution < -0.4 is 0 Å². The molecule has 3 N–H and O–H groups in total. The van der Waals surface area contributed by atoms with Crippen molar-refractivity contribution in [2.24, 2.45) is 0 Å². The Morgan fingerprint density at radius 2 is 1.77 bits per heavy atom. The van der Waals surface area contributed by atoms with E-state index < -0.39 is 24.9 Å². The Balaban J connectivity index is 3.95. The van der Waals surface area contributed by atoms with Crippen molar-refractivity contribution >= 4 is 51.8 Å². The van der Waals surface area contributed by atoms with Gasteiger partial charge in [-0.3, -0.25) is 0 Å². The van der Waals surface area contributed by atoms with Crippen molar-refractivity contribution in [3.63, 3.8) is 0 Å². The summed E-state index contributed by atoms with van der Waals surface area (Å²) < 4.78 is 29.1. The van der Waals surface area contributed by atoms with E-state index in [0.717, 1.165) is 0 Å². The molecule has 0 rings (SSSR count). The fraction of sp³-hybridized carbons (Fsp3) is 0. The molecule has 1 atom stereocenters. The molecule has 13 heavy (non-hydrogen) atoms. The van der Waals surface area contributed by atoms with Gasteiger partial charge >= 0.3 is 15.6 Å². The lowest BCUT2D eigenvalue weighted by molar-refractivity contribution is 0.232. The van der Waals surface area contributed by atoms with Crippen molar-refractivity contribution in [2.45, 2.75) is 0 Å². The fourth-order valence-electron chi connectivity index (χ4n) is 0.482. The zero-order valence-corrected chi connectivity index (χ0v) is 15.0. The van der Waals surface area contributed by atoms with E-state index in [-0.39, 0.29) is 17.1 Å². The van der Waals surface area contributed by atoms with Crippen LogP contribution in [0.5, 0.6) is 0 Å². The van der Waals surface area contributed by atoms with E-state index in [1.54, 1.807) is 0 Å². The Bertz CT molecular complexity index is 233. The minimum absolute atomic E-state index is 0.0359. The summed E-state index contributed by atoms with van der Waals surface area (Å²) in [4.78, 5) is 25.2. The number of hydrogen-bond acceptors (Lipinski definition) is 4. The molecule has 13 heteroatoms. The van der Waals surface area contributed by atoms with Gasteiger partial charge in [-0.2, -0.15) is 4.31 Å². The van der Waals surface area contributed by atoms with Gasteiger partial charge in [0.05, 0.1) is 0 Å². The predicted molar refractivity (Wildman–Crippen MR) is 59.6 cm³/mol. The highest BCUT2D eigenvalue weighted by Gasteiger charge is 2.31. The fourth-order valence-corrected chi connectivity index (χ4v) is 21.9. The van der Waals surface area contributed by atoms with Crippen LogP contribution in [-0.4, -0.2) is 50.8 Å². The van der Waals surface area contributed by atoms with Crippen molar-refractivity contribution in [3.05, 3.63) is 0 Å². The molecule has 0 aliphatic rings. The first-order chi connectivity index (χ1) is 5.77. The quantitative estimate of drug-likeness (QED) is 0.258. The number of rotatable bonds is 6. The van der Waals surface area contributed by atoms with Crippen LogP contribution in [0.2, 0.25) is 0 Å². The van der Waals surface area contributed by atoms with Crippen LogP contribution in [0.15, 0.2) is 0 Å². The smallest absolute Gasteiger partial charge is 0.341 e. The molecule has 1 unspecified atom stereocenters. The highest BCUT2D eigenvalue weighted by Crippen LogP contribution is 2.57. The topological polar surface area (TPSA) is 113 Å². The van der Waals surface area contributed by atoms with E-state index in [0.29, 0.717) is 0 Å². The maximum absolute atomic E-state index is 10.8. The van der Waals surface area contributed by atoms with E-state index in [1.807, 2.05) is 0 Å². The molecule has 7 nitrogen and oxygen atoms in total. The molecule has 0 aliphatic heterocycles. The standard InChI is InChI=1S/H12O7P2Si4/c1-8(2,3)6-9(4,5)7-11-13-12-10/h11-13H2,10H3,(H,4,5)(H2,1,2,3). The average molecular weight is 298 g/mol. The van der Waals surface area contributed by atoms with E-state index in [2.05, 4.69) is 8.52 Å². The van der Waals surface area contributed by atoms with Gasteiger partial charge in [-0.25, -0.2) is 9.13 Å². The summed E-state index contributed by atoms with van der Waals surface area (Å²) in [7, 11) is -9.45. The van der Waals surface area contributed by atoms with Gasteiger partial charge in [0.25, 0.3) is 0 Å². The van der Waals surface area contributed by atoms with Gasteiger partial charge < -0.3 is 18.9 Å². The molecular weight excluding hydrogens is 286 g/mol. The molecule has 0 aromatic carbocycles. The summed E-state index contributed by atoms with van der Waals surface area (Å²) in [6, 6.07) is 0. The normalized spacial score (nSPS) is 19.9. The lowest BCUT2D eigenvalue weighted by atomic mass is 15.7. The highest BCUT2D eigenvalue weighted by molar-refractivity contribution is 7.62. The lowest BCUT2D eigenvalue weighted by Crippen LogP contribution is -2.15. The van der Waals surface area contributed by atoms with E-state index in [9.17, 15) is 9.13 Å². The molecule has 0 saturated heterocycles. The molecule has 0 spiro atoms. The van der Waals surface area contributed by atoms with Crippen LogP contribution in [0, 0.1) is 0 Å². The van der Waals surface area contributed by atoms with Gasteiger partial charge in [0, 0.05) is 8.55 Å². The summed E-state index contributed by atoms with van der Waals surface area (Å²) >= 11 is 0. The second kappa shape index (κ2) is 5.88. The lowest BCUT2D eigenvalue weighted by Gasteiger charge is -2.11. The molecule has 0 aliphatic carbocycles. The summed E-state index contributed by atoms with van der Waals surface area (Å²) in [6.45, 7) is 0. The first-order valence-corrected chi connectivity index (χ1v) is 20.8. The first kappa shape index (κ1) is 14.1. The van der Waals surface area contributed by atoms with Crippen LogP contribution in [0.25, 0.3) is 0 Å². The average Bonchev–Trinajstić information content (AvgIpc) is 1.81.